The van der Waals surface area contributed by atoms with Crippen LogP contribution in [0.2, 0.25) is 0 Å². The van der Waals surface area contributed by atoms with E-state index in [1.165, 1.54) is 0 Å². The van der Waals surface area contributed by atoms with Gasteiger partial charge in [-0.15, -0.1) is 0 Å². The van der Waals surface area contributed by atoms with Crippen LogP contribution in [-0.2, 0) is 0 Å². The molecule has 1 atom stereocenters. The lowest BCUT2D eigenvalue weighted by Gasteiger charge is -2.33. The maximum Gasteiger partial charge on any atom is 0.216 e. The first kappa shape index (κ1) is 9.13. The number of dihydropyridines is 1. The second-order valence-electron chi connectivity index (χ2n) is 2.69. The molecule has 1 unspecified atom stereocenters. The summed E-state index contributed by atoms with van der Waals surface area (Å²) in [5, 5.41) is 5.47. The standard InChI is InChI=1S/C8H11N3S/c1-11(2)8(10-7-12)5-3-4-6-9-8/h3-6,9H,1-2H3. The Hall–Kier alpha value is -0.960. The third-order valence-electron chi connectivity index (χ3n) is 1.73. The molecule has 0 aromatic carbocycles. The van der Waals surface area contributed by atoms with Crippen LogP contribution in [0.4, 0.5) is 0 Å². The average molecular weight is 181 g/mol. The van der Waals surface area contributed by atoms with Gasteiger partial charge in [0, 0.05) is 0 Å². The first-order valence-corrected chi connectivity index (χ1v) is 4.00. The Kier molecular flexibility index (Phi) is 2.76. The maximum atomic E-state index is 4.58. The van der Waals surface area contributed by atoms with Crippen LogP contribution >= 0.6 is 12.2 Å². The van der Waals surface area contributed by atoms with Gasteiger partial charge in [0.1, 0.15) is 0 Å². The highest BCUT2D eigenvalue weighted by Gasteiger charge is 2.27. The van der Waals surface area contributed by atoms with Crippen molar-refractivity contribution >= 4 is 17.4 Å². The van der Waals surface area contributed by atoms with E-state index in [0.29, 0.717) is 0 Å². The van der Waals surface area contributed by atoms with E-state index in [2.05, 4.69) is 27.7 Å². The molecule has 0 spiro atoms. The lowest BCUT2D eigenvalue weighted by atomic mass is 10.2. The monoisotopic (exact) mass is 181 g/mol. The van der Waals surface area contributed by atoms with E-state index >= 15 is 0 Å². The number of allylic oxidation sites excluding steroid dienone is 2. The van der Waals surface area contributed by atoms with Crippen LogP contribution in [0.5, 0.6) is 0 Å². The van der Waals surface area contributed by atoms with Gasteiger partial charge in [0.2, 0.25) is 5.79 Å². The Morgan fingerprint density at radius 1 is 1.50 bits per heavy atom. The lowest BCUT2D eigenvalue weighted by molar-refractivity contribution is 0.191. The van der Waals surface area contributed by atoms with Crippen molar-refractivity contribution in [2.45, 2.75) is 5.79 Å². The second-order valence-corrected chi connectivity index (χ2v) is 2.87. The van der Waals surface area contributed by atoms with Gasteiger partial charge in [-0.25, -0.2) is 0 Å². The van der Waals surface area contributed by atoms with Crippen LogP contribution in [-0.4, -0.2) is 29.9 Å². The summed E-state index contributed by atoms with van der Waals surface area (Å²) < 4.78 is 0. The molecule has 1 rings (SSSR count). The Morgan fingerprint density at radius 3 is 2.67 bits per heavy atom. The molecule has 0 saturated carbocycles. The number of nitrogens with one attached hydrogen (secondary N) is 1. The van der Waals surface area contributed by atoms with Gasteiger partial charge in [-0.05, 0) is 44.7 Å². The van der Waals surface area contributed by atoms with Gasteiger partial charge in [-0.2, -0.15) is 4.99 Å². The minimum Gasteiger partial charge on any atom is -0.351 e. The smallest absolute Gasteiger partial charge is 0.216 e. The zero-order chi connectivity index (χ0) is 9.03. The molecule has 0 aromatic heterocycles. The van der Waals surface area contributed by atoms with Crippen LogP contribution in [0.1, 0.15) is 0 Å². The highest BCUT2D eigenvalue weighted by atomic mass is 32.1. The van der Waals surface area contributed by atoms with Crippen LogP contribution < -0.4 is 5.32 Å². The Morgan fingerprint density at radius 2 is 2.25 bits per heavy atom. The summed E-state index contributed by atoms with van der Waals surface area (Å²) in [6, 6.07) is 0. The largest absolute Gasteiger partial charge is 0.351 e. The van der Waals surface area contributed by atoms with Gasteiger partial charge in [0.25, 0.3) is 0 Å². The lowest BCUT2D eigenvalue weighted by Crippen LogP contribution is -2.51. The highest BCUT2D eigenvalue weighted by molar-refractivity contribution is 7.78. The number of thiocarbonyl (C=S) groups is 1. The molecule has 0 aromatic rings. The molecule has 0 amide bonds. The van der Waals surface area contributed by atoms with Crippen molar-refractivity contribution in [3.63, 3.8) is 0 Å². The molecule has 0 radical (unpaired) electrons. The number of likely N-dealkylation sites (N-methyl/N-ethyl adjacent to an activating group) is 1. The minimum atomic E-state index is -0.545. The fraction of sp³-hybridized carbons (Fsp3) is 0.375. The van der Waals surface area contributed by atoms with Crippen molar-refractivity contribution in [3.8, 4) is 0 Å². The Balaban J connectivity index is 2.95. The normalized spacial score (nSPS) is 26.6. The van der Waals surface area contributed by atoms with E-state index in [1.807, 2.05) is 43.4 Å². The second kappa shape index (κ2) is 3.63. The molecule has 3 nitrogen and oxygen atoms in total. The molecule has 1 aliphatic rings. The average Bonchev–Trinajstić information content (AvgIpc) is 2.06. The van der Waals surface area contributed by atoms with Crippen molar-refractivity contribution in [1.82, 2.24) is 10.2 Å². The minimum absolute atomic E-state index is 0.545. The number of rotatable bonds is 2. The molecular weight excluding hydrogens is 170 g/mol. The Labute approximate surface area is 77.5 Å². The summed E-state index contributed by atoms with van der Waals surface area (Å²) in [7, 11) is 3.85. The van der Waals surface area contributed by atoms with E-state index in [-0.39, 0.29) is 0 Å². The van der Waals surface area contributed by atoms with Gasteiger partial charge in [-0.1, -0.05) is 6.08 Å². The van der Waals surface area contributed by atoms with Gasteiger partial charge in [-0.3, -0.25) is 4.90 Å². The summed E-state index contributed by atoms with van der Waals surface area (Å²) in [6.07, 6.45) is 7.58. The highest BCUT2D eigenvalue weighted by Crippen LogP contribution is 2.14. The van der Waals surface area contributed by atoms with Gasteiger partial charge in [0.15, 0.2) is 0 Å². The van der Waals surface area contributed by atoms with Crippen LogP contribution in [0, 0.1) is 0 Å². The molecule has 0 fully saturated rings. The van der Waals surface area contributed by atoms with Gasteiger partial charge >= 0.3 is 0 Å². The molecule has 4 heteroatoms. The summed E-state index contributed by atoms with van der Waals surface area (Å²) in [5.74, 6) is -0.545. The Bertz CT molecular complexity index is 263. The molecular formula is C8H11N3S. The first-order valence-electron chi connectivity index (χ1n) is 3.60. The summed E-state index contributed by atoms with van der Waals surface area (Å²) in [5.41, 5.74) is 0. The van der Waals surface area contributed by atoms with Crippen molar-refractivity contribution in [3.05, 3.63) is 24.4 Å². The summed E-state index contributed by atoms with van der Waals surface area (Å²) in [6.45, 7) is 0. The van der Waals surface area contributed by atoms with Crippen molar-refractivity contribution in [1.29, 1.82) is 0 Å². The summed E-state index contributed by atoms with van der Waals surface area (Å²) in [4.78, 5) is 5.98. The zero-order valence-electron chi connectivity index (χ0n) is 7.11. The molecule has 12 heavy (non-hydrogen) atoms. The number of aliphatic imine (C=N–C) groups is 1. The summed E-state index contributed by atoms with van der Waals surface area (Å²) >= 11 is 4.58. The van der Waals surface area contributed by atoms with Crippen molar-refractivity contribution in [2.24, 2.45) is 4.99 Å². The molecule has 1 aliphatic heterocycles. The number of isothiocyanates is 1. The van der Waals surface area contributed by atoms with E-state index < -0.39 is 5.79 Å². The molecule has 64 valence electrons. The molecule has 0 saturated heterocycles. The van der Waals surface area contributed by atoms with E-state index in [0.717, 1.165) is 0 Å². The fourth-order valence-electron chi connectivity index (χ4n) is 0.981. The zero-order valence-corrected chi connectivity index (χ0v) is 7.93. The van der Waals surface area contributed by atoms with Crippen LogP contribution in [0.25, 0.3) is 0 Å². The van der Waals surface area contributed by atoms with Crippen LogP contribution in [0.3, 0.4) is 0 Å². The van der Waals surface area contributed by atoms with Gasteiger partial charge in [0.05, 0.1) is 5.16 Å². The molecule has 0 aliphatic carbocycles. The van der Waals surface area contributed by atoms with Crippen molar-refractivity contribution in [2.75, 3.05) is 14.1 Å². The molecule has 1 heterocycles. The number of hydrogen-bond donors (Lipinski definition) is 1. The number of nitrogens with zero attached hydrogens (tertiary/aromatic N) is 2. The maximum absolute atomic E-state index is 4.58. The predicted octanol–water partition coefficient (Wildman–Crippen LogP) is 0.978. The first-order chi connectivity index (χ1) is 5.71. The van der Waals surface area contributed by atoms with E-state index in [1.54, 1.807) is 0 Å². The number of hydrogen-bond acceptors (Lipinski definition) is 4. The fourth-order valence-corrected chi connectivity index (χ4v) is 1.12. The topological polar surface area (TPSA) is 27.6 Å². The molecule has 0 bridgehead atoms. The third-order valence-corrected chi connectivity index (χ3v) is 1.82. The SMILES string of the molecule is CN(C)C1(N=C=S)C=CC=CN1. The van der Waals surface area contributed by atoms with E-state index in [9.17, 15) is 0 Å². The predicted molar refractivity (Wildman–Crippen MR) is 52.9 cm³/mol. The van der Waals surface area contributed by atoms with Crippen molar-refractivity contribution < 1.29 is 0 Å². The van der Waals surface area contributed by atoms with E-state index in [4.69, 9.17) is 0 Å². The van der Waals surface area contributed by atoms with Crippen LogP contribution in [0.15, 0.2) is 29.4 Å². The van der Waals surface area contributed by atoms with Gasteiger partial charge < -0.3 is 5.32 Å². The molecule has 1 N–H and O–H groups in total. The third kappa shape index (κ3) is 1.61. The quantitative estimate of drug-likeness (QED) is 0.508.